The Kier molecular flexibility index (Phi) is 5.79. The molecule has 0 aliphatic heterocycles. The molecule has 0 saturated heterocycles. The fourth-order valence-electron chi connectivity index (χ4n) is 5.82. The van der Waals surface area contributed by atoms with E-state index in [2.05, 4.69) is 143 Å². The molecule has 0 N–H and O–H groups in total. The van der Waals surface area contributed by atoms with Gasteiger partial charge in [-0.1, -0.05) is 97.1 Å². The minimum atomic E-state index is 0.825. The van der Waals surface area contributed by atoms with Crippen molar-refractivity contribution in [3.8, 4) is 22.3 Å². The highest BCUT2D eigenvalue weighted by Gasteiger charge is 2.17. The monoisotopic (exact) mass is 538 g/mol. The molecule has 0 fully saturated rings. The van der Waals surface area contributed by atoms with Crippen molar-refractivity contribution < 1.29 is 4.42 Å². The summed E-state index contributed by atoms with van der Waals surface area (Å²) in [5.74, 6) is 0. The SMILES string of the molecule is c1ccc(-c2ccc(N(c3ccc(-c4ccccc4)cc3)c3ccc4c(c3)oc3c4ccc4cccnc43)cc2)cc1. The average Bonchev–Trinajstić information content (AvgIpc) is 3.45. The van der Waals surface area contributed by atoms with Gasteiger partial charge in [0.2, 0.25) is 0 Å². The third-order valence-corrected chi connectivity index (χ3v) is 7.92. The number of hydrogen-bond acceptors (Lipinski definition) is 3. The van der Waals surface area contributed by atoms with Crippen molar-refractivity contribution in [2.24, 2.45) is 0 Å². The van der Waals surface area contributed by atoms with Crippen LogP contribution in [0.3, 0.4) is 0 Å². The molecule has 6 aromatic carbocycles. The molecule has 8 rings (SSSR count). The molecule has 0 aliphatic carbocycles. The Bertz CT molecular complexity index is 2080. The first-order chi connectivity index (χ1) is 20.8. The molecule has 0 radical (unpaired) electrons. The van der Waals surface area contributed by atoms with Crippen LogP contribution in [0, 0.1) is 0 Å². The summed E-state index contributed by atoms with van der Waals surface area (Å²) in [7, 11) is 0. The number of pyridine rings is 1. The van der Waals surface area contributed by atoms with Gasteiger partial charge in [0, 0.05) is 45.5 Å². The number of hydrogen-bond donors (Lipinski definition) is 0. The number of aromatic nitrogens is 1. The van der Waals surface area contributed by atoms with Gasteiger partial charge in [0.15, 0.2) is 5.58 Å². The Hall–Kier alpha value is -5.67. The van der Waals surface area contributed by atoms with Gasteiger partial charge in [-0.2, -0.15) is 0 Å². The second kappa shape index (κ2) is 10.1. The maximum absolute atomic E-state index is 6.49. The van der Waals surface area contributed by atoms with Gasteiger partial charge in [0.25, 0.3) is 0 Å². The van der Waals surface area contributed by atoms with Crippen molar-refractivity contribution in [1.29, 1.82) is 0 Å². The Balaban J connectivity index is 1.26. The minimum Gasteiger partial charge on any atom is -0.454 e. The van der Waals surface area contributed by atoms with E-state index in [1.807, 2.05) is 24.4 Å². The number of furan rings is 1. The Morgan fingerprint density at radius 2 is 1.00 bits per heavy atom. The van der Waals surface area contributed by atoms with Gasteiger partial charge < -0.3 is 9.32 Å². The number of nitrogens with zero attached hydrogens (tertiary/aromatic N) is 2. The van der Waals surface area contributed by atoms with E-state index in [0.29, 0.717) is 0 Å². The maximum atomic E-state index is 6.49. The highest BCUT2D eigenvalue weighted by Crippen LogP contribution is 2.40. The molecule has 8 aromatic rings. The lowest BCUT2D eigenvalue weighted by atomic mass is 10.0. The van der Waals surface area contributed by atoms with Crippen LogP contribution in [0.1, 0.15) is 0 Å². The van der Waals surface area contributed by atoms with Gasteiger partial charge in [0.05, 0.1) is 0 Å². The van der Waals surface area contributed by atoms with Crippen molar-refractivity contribution >= 4 is 49.9 Å². The predicted molar refractivity (Wildman–Crippen MR) is 175 cm³/mol. The molecular formula is C39H26N2O. The first-order valence-corrected chi connectivity index (χ1v) is 14.1. The summed E-state index contributed by atoms with van der Waals surface area (Å²) in [5, 5.41) is 3.23. The summed E-state index contributed by atoms with van der Waals surface area (Å²) in [5.41, 5.74) is 10.5. The summed E-state index contributed by atoms with van der Waals surface area (Å²) < 4.78 is 6.49. The normalized spacial score (nSPS) is 11.3. The summed E-state index contributed by atoms with van der Waals surface area (Å²) in [6, 6.07) is 53.2. The van der Waals surface area contributed by atoms with Gasteiger partial charge >= 0.3 is 0 Å². The lowest BCUT2D eigenvalue weighted by Gasteiger charge is -2.26. The summed E-state index contributed by atoms with van der Waals surface area (Å²) in [4.78, 5) is 6.90. The molecule has 198 valence electrons. The summed E-state index contributed by atoms with van der Waals surface area (Å²) >= 11 is 0. The van der Waals surface area contributed by atoms with Crippen LogP contribution in [-0.4, -0.2) is 4.98 Å². The first kappa shape index (κ1) is 24.2. The molecule has 42 heavy (non-hydrogen) atoms. The van der Waals surface area contributed by atoms with E-state index in [1.54, 1.807) is 0 Å². The van der Waals surface area contributed by atoms with E-state index in [4.69, 9.17) is 4.42 Å². The van der Waals surface area contributed by atoms with Gasteiger partial charge in [-0.05, 0) is 70.8 Å². The summed E-state index contributed by atoms with van der Waals surface area (Å²) in [6.07, 6.45) is 1.82. The molecule has 2 heterocycles. The molecule has 0 amide bonds. The second-order valence-electron chi connectivity index (χ2n) is 10.5. The molecule has 3 heteroatoms. The molecule has 0 aliphatic rings. The zero-order valence-electron chi connectivity index (χ0n) is 22.8. The fourth-order valence-corrected chi connectivity index (χ4v) is 5.82. The van der Waals surface area contributed by atoms with Gasteiger partial charge in [-0.15, -0.1) is 0 Å². The zero-order chi connectivity index (χ0) is 27.9. The molecular weight excluding hydrogens is 512 g/mol. The smallest absolute Gasteiger partial charge is 0.161 e. The predicted octanol–water partition coefficient (Wildman–Crippen LogP) is 10.9. The van der Waals surface area contributed by atoms with Crippen molar-refractivity contribution in [2.75, 3.05) is 4.90 Å². The van der Waals surface area contributed by atoms with Crippen LogP contribution in [0.25, 0.3) is 55.1 Å². The highest BCUT2D eigenvalue weighted by molar-refractivity contribution is 6.14. The largest absolute Gasteiger partial charge is 0.454 e. The third kappa shape index (κ3) is 4.20. The highest BCUT2D eigenvalue weighted by atomic mass is 16.3. The van der Waals surface area contributed by atoms with E-state index in [9.17, 15) is 0 Å². The quantitative estimate of drug-likeness (QED) is 0.218. The van der Waals surface area contributed by atoms with E-state index in [0.717, 1.165) is 49.9 Å². The molecule has 0 bridgehead atoms. The van der Waals surface area contributed by atoms with Gasteiger partial charge in [-0.25, -0.2) is 0 Å². The zero-order valence-corrected chi connectivity index (χ0v) is 22.8. The van der Waals surface area contributed by atoms with Crippen molar-refractivity contribution in [3.05, 3.63) is 158 Å². The van der Waals surface area contributed by atoms with Gasteiger partial charge in [-0.3, -0.25) is 4.98 Å². The maximum Gasteiger partial charge on any atom is 0.161 e. The molecule has 0 spiro atoms. The molecule has 0 saturated carbocycles. The van der Waals surface area contributed by atoms with Crippen LogP contribution in [0.5, 0.6) is 0 Å². The number of rotatable bonds is 5. The minimum absolute atomic E-state index is 0.825. The van der Waals surface area contributed by atoms with E-state index in [-0.39, 0.29) is 0 Å². The van der Waals surface area contributed by atoms with Crippen LogP contribution in [0.4, 0.5) is 17.1 Å². The molecule has 3 nitrogen and oxygen atoms in total. The summed E-state index contributed by atoms with van der Waals surface area (Å²) in [6.45, 7) is 0. The van der Waals surface area contributed by atoms with Crippen LogP contribution in [0.15, 0.2) is 162 Å². The van der Waals surface area contributed by atoms with Crippen LogP contribution < -0.4 is 4.90 Å². The molecule has 0 atom stereocenters. The lowest BCUT2D eigenvalue weighted by molar-refractivity contribution is 0.671. The van der Waals surface area contributed by atoms with E-state index < -0.39 is 0 Å². The Morgan fingerprint density at radius 1 is 0.452 bits per heavy atom. The average molecular weight is 539 g/mol. The van der Waals surface area contributed by atoms with Crippen LogP contribution in [0.2, 0.25) is 0 Å². The van der Waals surface area contributed by atoms with E-state index >= 15 is 0 Å². The van der Waals surface area contributed by atoms with Crippen molar-refractivity contribution in [2.45, 2.75) is 0 Å². The molecule has 2 aromatic heterocycles. The van der Waals surface area contributed by atoms with Crippen LogP contribution in [-0.2, 0) is 0 Å². The number of benzene rings is 6. The molecule has 0 unspecified atom stereocenters. The Morgan fingerprint density at radius 3 is 1.62 bits per heavy atom. The van der Waals surface area contributed by atoms with Gasteiger partial charge in [0.1, 0.15) is 11.1 Å². The fraction of sp³-hybridized carbons (Fsp3) is 0. The number of fused-ring (bicyclic) bond motifs is 5. The number of anilines is 3. The topological polar surface area (TPSA) is 29.3 Å². The van der Waals surface area contributed by atoms with E-state index in [1.165, 1.54) is 22.3 Å². The lowest BCUT2D eigenvalue weighted by Crippen LogP contribution is -2.09. The first-order valence-electron chi connectivity index (χ1n) is 14.1. The second-order valence-corrected chi connectivity index (χ2v) is 10.5. The van der Waals surface area contributed by atoms with Crippen LogP contribution >= 0.6 is 0 Å². The Labute approximate surface area is 243 Å². The standard InChI is InChI=1S/C39H26N2O/c1-3-8-27(9-4-1)29-13-18-32(19-14-29)41(33-20-15-30(16-21-33)28-10-5-2-6-11-28)34-22-24-35-36-23-17-31-12-7-25-40-38(31)39(36)42-37(35)26-34/h1-26H. The third-order valence-electron chi connectivity index (χ3n) is 7.92. The van der Waals surface area contributed by atoms with Crippen molar-refractivity contribution in [3.63, 3.8) is 0 Å². The van der Waals surface area contributed by atoms with Crippen molar-refractivity contribution in [1.82, 2.24) is 4.98 Å².